The quantitative estimate of drug-likeness (QED) is 0.366. The highest BCUT2D eigenvalue weighted by Gasteiger charge is 2.35. The lowest BCUT2D eigenvalue weighted by atomic mass is 9.82. The van der Waals surface area contributed by atoms with Gasteiger partial charge in [-0.15, -0.1) is 24.0 Å². The number of sulfonamides is 1. The minimum atomic E-state index is -3.23. The Morgan fingerprint density at radius 1 is 1.11 bits per heavy atom. The van der Waals surface area contributed by atoms with Crippen LogP contribution in [0, 0.1) is 11.8 Å². The van der Waals surface area contributed by atoms with Crippen molar-refractivity contribution in [2.75, 3.05) is 27.2 Å². The van der Waals surface area contributed by atoms with Crippen LogP contribution in [0.15, 0.2) is 29.3 Å². The molecule has 0 spiro atoms. The van der Waals surface area contributed by atoms with Crippen molar-refractivity contribution in [1.29, 1.82) is 0 Å². The van der Waals surface area contributed by atoms with E-state index in [-0.39, 0.29) is 29.7 Å². The molecule has 0 radical (unpaired) electrons. The first-order chi connectivity index (χ1) is 12.5. The number of fused-ring (bicyclic) bond motifs is 1. The number of nitrogens with zero attached hydrogens (tertiary/aromatic N) is 2. The molecule has 0 bridgehead atoms. The zero-order valence-electron chi connectivity index (χ0n) is 16.1. The molecule has 8 heteroatoms. The number of nitrogens with one attached hydrogen (secondary N) is 2. The van der Waals surface area contributed by atoms with E-state index in [0.29, 0.717) is 6.54 Å². The summed E-state index contributed by atoms with van der Waals surface area (Å²) in [6, 6.07) is 7.70. The Kier molecular flexibility index (Phi) is 8.36. The predicted molar refractivity (Wildman–Crippen MR) is 121 cm³/mol. The van der Waals surface area contributed by atoms with Crippen LogP contribution in [-0.2, 0) is 22.3 Å². The summed E-state index contributed by atoms with van der Waals surface area (Å²) in [4.78, 5) is 6.86. The van der Waals surface area contributed by atoms with Gasteiger partial charge in [-0.05, 0) is 42.9 Å². The SMILES string of the molecule is CN=C(NCc1ccc(CS(=O)(=O)NC)cc1)N1CC2CCCCC2C1.I. The monoisotopic (exact) mass is 506 g/mol. The molecule has 2 aliphatic rings. The number of likely N-dealkylation sites (tertiary alicyclic amines) is 1. The lowest BCUT2D eigenvalue weighted by molar-refractivity contribution is 0.299. The first kappa shape index (κ1) is 22.4. The molecule has 2 N–H and O–H groups in total. The summed E-state index contributed by atoms with van der Waals surface area (Å²) >= 11 is 0. The van der Waals surface area contributed by atoms with Crippen LogP contribution >= 0.6 is 24.0 Å². The average Bonchev–Trinajstić information content (AvgIpc) is 3.07. The Morgan fingerprint density at radius 3 is 2.19 bits per heavy atom. The lowest BCUT2D eigenvalue weighted by Crippen LogP contribution is -2.39. The molecule has 0 aromatic heterocycles. The molecule has 3 rings (SSSR count). The van der Waals surface area contributed by atoms with Crippen molar-refractivity contribution in [3.8, 4) is 0 Å². The van der Waals surface area contributed by atoms with Crippen molar-refractivity contribution in [3.05, 3.63) is 35.4 Å². The Morgan fingerprint density at radius 2 is 1.67 bits per heavy atom. The van der Waals surface area contributed by atoms with Crippen LogP contribution in [0.2, 0.25) is 0 Å². The van der Waals surface area contributed by atoms with Gasteiger partial charge in [-0.25, -0.2) is 13.1 Å². The van der Waals surface area contributed by atoms with E-state index in [1.54, 1.807) is 0 Å². The minimum Gasteiger partial charge on any atom is -0.352 e. The molecule has 1 heterocycles. The number of rotatable bonds is 5. The van der Waals surface area contributed by atoms with Gasteiger partial charge < -0.3 is 10.2 Å². The molecule has 0 amide bonds. The molecular formula is C19H31IN4O2S. The van der Waals surface area contributed by atoms with Crippen molar-refractivity contribution < 1.29 is 8.42 Å². The molecule has 27 heavy (non-hydrogen) atoms. The molecule has 1 aliphatic heterocycles. The second-order valence-corrected chi connectivity index (χ2v) is 9.32. The summed E-state index contributed by atoms with van der Waals surface area (Å²) in [5, 5.41) is 3.46. The van der Waals surface area contributed by atoms with Gasteiger partial charge in [0.1, 0.15) is 0 Å². The maximum absolute atomic E-state index is 11.6. The average molecular weight is 506 g/mol. The maximum atomic E-state index is 11.6. The standard InChI is InChI=1S/C19H30N4O2S.HI/c1-20-19(23-12-17-5-3-4-6-18(17)13-23)22-11-15-7-9-16(10-8-15)14-26(24,25)21-2;/h7-10,17-18,21H,3-6,11-14H2,1-2H3,(H,20,22);1H. The van der Waals surface area contributed by atoms with Crippen LogP contribution in [0.3, 0.4) is 0 Å². The second kappa shape index (κ2) is 10.1. The van der Waals surface area contributed by atoms with Crippen LogP contribution in [0.4, 0.5) is 0 Å². The van der Waals surface area contributed by atoms with E-state index >= 15 is 0 Å². The van der Waals surface area contributed by atoms with Gasteiger partial charge in [0, 0.05) is 26.7 Å². The molecule has 1 aromatic carbocycles. The largest absolute Gasteiger partial charge is 0.352 e. The van der Waals surface area contributed by atoms with E-state index in [9.17, 15) is 8.42 Å². The highest BCUT2D eigenvalue weighted by atomic mass is 127. The number of benzene rings is 1. The summed E-state index contributed by atoms with van der Waals surface area (Å²) in [6.07, 6.45) is 5.46. The molecular weight excluding hydrogens is 475 g/mol. The van der Waals surface area contributed by atoms with E-state index in [1.165, 1.54) is 32.7 Å². The fourth-order valence-electron chi connectivity index (χ4n) is 4.14. The van der Waals surface area contributed by atoms with E-state index < -0.39 is 10.0 Å². The van der Waals surface area contributed by atoms with E-state index in [0.717, 1.165) is 42.0 Å². The second-order valence-electron chi connectivity index (χ2n) is 7.39. The Labute approximate surface area is 180 Å². The topological polar surface area (TPSA) is 73.8 Å². The Balaban J connectivity index is 0.00000261. The highest BCUT2D eigenvalue weighted by Crippen LogP contribution is 2.35. The van der Waals surface area contributed by atoms with Crippen LogP contribution in [-0.4, -0.2) is 46.5 Å². The molecule has 1 aliphatic carbocycles. The van der Waals surface area contributed by atoms with Gasteiger partial charge in [-0.3, -0.25) is 4.99 Å². The van der Waals surface area contributed by atoms with Crippen LogP contribution in [0.5, 0.6) is 0 Å². The predicted octanol–water partition coefficient (Wildman–Crippen LogP) is 2.55. The zero-order chi connectivity index (χ0) is 18.6. The van der Waals surface area contributed by atoms with Crippen molar-refractivity contribution >= 4 is 40.0 Å². The number of aliphatic imine (C=N–C) groups is 1. The van der Waals surface area contributed by atoms with Gasteiger partial charge in [-0.2, -0.15) is 0 Å². The summed E-state index contributed by atoms with van der Waals surface area (Å²) < 4.78 is 25.6. The van der Waals surface area contributed by atoms with Crippen molar-refractivity contribution in [1.82, 2.24) is 14.9 Å². The molecule has 2 atom stereocenters. The summed E-state index contributed by atoms with van der Waals surface area (Å²) in [5.41, 5.74) is 1.91. The normalized spacial score (nSPS) is 22.9. The third kappa shape index (κ3) is 6.05. The number of guanidine groups is 1. The van der Waals surface area contributed by atoms with Gasteiger partial charge in [0.15, 0.2) is 5.96 Å². The molecule has 1 aromatic rings. The molecule has 1 saturated carbocycles. The smallest absolute Gasteiger partial charge is 0.215 e. The van der Waals surface area contributed by atoms with Gasteiger partial charge in [0.2, 0.25) is 10.0 Å². The number of hydrogen-bond donors (Lipinski definition) is 2. The third-order valence-corrected chi connectivity index (χ3v) is 6.96. The summed E-state index contributed by atoms with van der Waals surface area (Å²) in [7, 11) is 0.0534. The van der Waals surface area contributed by atoms with Crippen molar-refractivity contribution in [3.63, 3.8) is 0 Å². The third-order valence-electron chi connectivity index (χ3n) is 5.63. The number of hydrogen-bond acceptors (Lipinski definition) is 3. The molecule has 2 fully saturated rings. The molecule has 1 saturated heterocycles. The summed E-state index contributed by atoms with van der Waals surface area (Å²) in [5.74, 6) is 2.64. The Bertz CT molecular complexity index is 723. The van der Waals surface area contributed by atoms with Crippen molar-refractivity contribution in [2.45, 2.75) is 38.0 Å². The van der Waals surface area contributed by atoms with E-state index in [2.05, 4.69) is 19.9 Å². The van der Waals surface area contributed by atoms with E-state index in [1.807, 2.05) is 31.3 Å². The maximum Gasteiger partial charge on any atom is 0.215 e. The van der Waals surface area contributed by atoms with Gasteiger partial charge in [-0.1, -0.05) is 37.1 Å². The van der Waals surface area contributed by atoms with Crippen molar-refractivity contribution in [2.24, 2.45) is 16.8 Å². The first-order valence-electron chi connectivity index (χ1n) is 9.45. The zero-order valence-corrected chi connectivity index (χ0v) is 19.3. The molecule has 6 nitrogen and oxygen atoms in total. The minimum absolute atomic E-state index is 0. The number of halogens is 1. The van der Waals surface area contributed by atoms with Crippen LogP contribution in [0.25, 0.3) is 0 Å². The van der Waals surface area contributed by atoms with Gasteiger partial charge in [0.05, 0.1) is 5.75 Å². The van der Waals surface area contributed by atoms with Crippen LogP contribution < -0.4 is 10.0 Å². The van der Waals surface area contributed by atoms with Gasteiger partial charge >= 0.3 is 0 Å². The highest BCUT2D eigenvalue weighted by molar-refractivity contribution is 14.0. The lowest BCUT2D eigenvalue weighted by Gasteiger charge is -2.22. The fraction of sp³-hybridized carbons (Fsp3) is 0.632. The Hall–Kier alpha value is -0.870. The first-order valence-corrected chi connectivity index (χ1v) is 11.1. The molecule has 2 unspecified atom stereocenters. The fourth-order valence-corrected chi connectivity index (χ4v) is 4.91. The molecule has 152 valence electrons. The van der Waals surface area contributed by atoms with E-state index in [4.69, 9.17) is 0 Å². The van der Waals surface area contributed by atoms with Crippen LogP contribution in [0.1, 0.15) is 36.8 Å². The van der Waals surface area contributed by atoms with Gasteiger partial charge in [0.25, 0.3) is 0 Å². The summed E-state index contributed by atoms with van der Waals surface area (Å²) in [6.45, 7) is 2.92.